The maximum absolute atomic E-state index is 12.4. The van der Waals surface area contributed by atoms with E-state index in [1.165, 1.54) is 11.3 Å². The maximum atomic E-state index is 12.4. The second kappa shape index (κ2) is 4.97. The van der Waals surface area contributed by atoms with Crippen molar-refractivity contribution in [2.24, 2.45) is 0 Å². The molecule has 2 aromatic heterocycles. The SMILES string of the molecule is CC(C)c1nnc2n1CCN(C(=O)c1cscn1)[C@@H]2C. The zero-order chi connectivity index (χ0) is 14.3. The normalized spacial score (nSPS) is 18.4. The number of carbonyl (C=O) groups is 1. The number of thiazole rings is 1. The molecule has 1 aliphatic heterocycles. The molecule has 3 heterocycles. The number of rotatable bonds is 2. The molecule has 3 rings (SSSR count). The lowest BCUT2D eigenvalue weighted by molar-refractivity contribution is 0.0630. The van der Waals surface area contributed by atoms with Crippen molar-refractivity contribution in [2.75, 3.05) is 6.54 Å². The molecule has 0 bridgehead atoms. The third kappa shape index (κ3) is 2.02. The highest BCUT2D eigenvalue weighted by Gasteiger charge is 2.32. The van der Waals surface area contributed by atoms with Crippen LogP contribution in [0.5, 0.6) is 0 Å². The van der Waals surface area contributed by atoms with Crippen LogP contribution in [0.1, 0.15) is 54.9 Å². The first-order valence-corrected chi connectivity index (χ1v) is 7.66. The summed E-state index contributed by atoms with van der Waals surface area (Å²) in [6.45, 7) is 7.62. The van der Waals surface area contributed by atoms with Gasteiger partial charge in [0.15, 0.2) is 5.82 Å². The number of aromatic nitrogens is 4. The first-order valence-electron chi connectivity index (χ1n) is 6.71. The molecular weight excluding hydrogens is 274 g/mol. The van der Waals surface area contributed by atoms with Gasteiger partial charge in [0.25, 0.3) is 5.91 Å². The molecule has 0 radical (unpaired) electrons. The Morgan fingerprint density at radius 1 is 1.40 bits per heavy atom. The van der Waals surface area contributed by atoms with Crippen LogP contribution >= 0.6 is 11.3 Å². The molecule has 0 saturated carbocycles. The van der Waals surface area contributed by atoms with Crippen molar-refractivity contribution < 1.29 is 4.79 Å². The quantitative estimate of drug-likeness (QED) is 0.849. The molecule has 0 aromatic carbocycles. The minimum absolute atomic E-state index is 0.0286. The fourth-order valence-corrected chi connectivity index (χ4v) is 3.10. The number of hydrogen-bond donors (Lipinski definition) is 0. The molecular formula is C13H17N5OS. The Labute approximate surface area is 121 Å². The topological polar surface area (TPSA) is 63.9 Å². The number of fused-ring (bicyclic) bond motifs is 1. The van der Waals surface area contributed by atoms with Gasteiger partial charge in [-0.3, -0.25) is 4.79 Å². The van der Waals surface area contributed by atoms with Crippen LogP contribution in [0.2, 0.25) is 0 Å². The van der Waals surface area contributed by atoms with Crippen LogP contribution in [0.3, 0.4) is 0 Å². The third-order valence-corrected chi connectivity index (χ3v) is 4.23. The van der Waals surface area contributed by atoms with Crippen molar-refractivity contribution >= 4 is 17.2 Å². The smallest absolute Gasteiger partial charge is 0.273 e. The van der Waals surface area contributed by atoms with Gasteiger partial charge in [0.1, 0.15) is 11.5 Å². The molecule has 0 spiro atoms. The van der Waals surface area contributed by atoms with Gasteiger partial charge in [-0.2, -0.15) is 0 Å². The van der Waals surface area contributed by atoms with Gasteiger partial charge in [0.05, 0.1) is 11.6 Å². The fourth-order valence-electron chi connectivity index (χ4n) is 2.58. The molecule has 0 saturated heterocycles. The summed E-state index contributed by atoms with van der Waals surface area (Å²) in [6, 6.07) is -0.0713. The zero-order valence-corrected chi connectivity index (χ0v) is 12.6. The highest BCUT2D eigenvalue weighted by molar-refractivity contribution is 7.07. The molecule has 0 unspecified atom stereocenters. The van der Waals surface area contributed by atoms with Crippen molar-refractivity contribution in [3.8, 4) is 0 Å². The number of nitrogens with zero attached hydrogens (tertiary/aromatic N) is 5. The summed E-state index contributed by atoms with van der Waals surface area (Å²) in [6.07, 6.45) is 0. The summed E-state index contributed by atoms with van der Waals surface area (Å²) < 4.78 is 2.14. The van der Waals surface area contributed by atoms with E-state index in [1.54, 1.807) is 10.9 Å². The first-order chi connectivity index (χ1) is 9.59. The van der Waals surface area contributed by atoms with E-state index in [0.717, 1.165) is 18.2 Å². The van der Waals surface area contributed by atoms with Gasteiger partial charge in [-0.25, -0.2) is 4.98 Å². The number of carbonyl (C=O) groups excluding carboxylic acids is 1. The molecule has 7 heteroatoms. The second-order valence-corrected chi connectivity index (χ2v) is 5.99. The highest BCUT2D eigenvalue weighted by atomic mass is 32.1. The van der Waals surface area contributed by atoms with Crippen LogP contribution in [0.15, 0.2) is 10.9 Å². The van der Waals surface area contributed by atoms with E-state index in [4.69, 9.17) is 0 Å². The maximum Gasteiger partial charge on any atom is 0.273 e. The molecule has 0 aliphatic carbocycles. The van der Waals surface area contributed by atoms with Gasteiger partial charge >= 0.3 is 0 Å². The van der Waals surface area contributed by atoms with Gasteiger partial charge in [0.2, 0.25) is 0 Å². The van der Waals surface area contributed by atoms with Crippen LogP contribution in [-0.2, 0) is 6.54 Å². The van der Waals surface area contributed by atoms with E-state index in [9.17, 15) is 4.79 Å². The van der Waals surface area contributed by atoms with Crippen molar-refractivity contribution in [1.82, 2.24) is 24.6 Å². The lowest BCUT2D eigenvalue weighted by atomic mass is 10.1. The molecule has 20 heavy (non-hydrogen) atoms. The van der Waals surface area contributed by atoms with E-state index in [0.29, 0.717) is 18.2 Å². The monoisotopic (exact) mass is 291 g/mol. The summed E-state index contributed by atoms with van der Waals surface area (Å²) in [5.74, 6) is 2.17. The minimum atomic E-state index is -0.0713. The van der Waals surface area contributed by atoms with E-state index >= 15 is 0 Å². The number of amides is 1. The average molecular weight is 291 g/mol. The summed E-state index contributed by atoms with van der Waals surface area (Å²) in [5, 5.41) is 10.3. The van der Waals surface area contributed by atoms with E-state index in [-0.39, 0.29) is 11.9 Å². The standard InChI is InChI=1S/C13H17N5OS/c1-8(2)11-15-16-12-9(3)17(4-5-18(11)12)13(19)10-6-20-7-14-10/h6-9H,4-5H2,1-3H3/t9-/m1/s1. The fraction of sp³-hybridized carbons (Fsp3) is 0.538. The molecule has 106 valence electrons. The Bertz CT molecular complexity index is 619. The van der Waals surface area contributed by atoms with Crippen molar-refractivity contribution in [3.05, 3.63) is 28.2 Å². The third-order valence-electron chi connectivity index (χ3n) is 3.64. The second-order valence-electron chi connectivity index (χ2n) is 5.27. The molecule has 1 amide bonds. The Hall–Kier alpha value is -1.76. The minimum Gasteiger partial charge on any atom is -0.326 e. The summed E-state index contributed by atoms with van der Waals surface area (Å²) in [5.41, 5.74) is 2.19. The summed E-state index contributed by atoms with van der Waals surface area (Å²) in [7, 11) is 0. The van der Waals surface area contributed by atoms with Gasteiger partial charge in [-0.1, -0.05) is 13.8 Å². The largest absolute Gasteiger partial charge is 0.326 e. The first kappa shape index (κ1) is 13.2. The zero-order valence-electron chi connectivity index (χ0n) is 11.8. The molecule has 1 aliphatic rings. The highest BCUT2D eigenvalue weighted by Crippen LogP contribution is 2.27. The molecule has 2 aromatic rings. The van der Waals surface area contributed by atoms with Crippen LogP contribution in [-0.4, -0.2) is 37.1 Å². The Morgan fingerprint density at radius 3 is 2.85 bits per heavy atom. The van der Waals surface area contributed by atoms with E-state index in [1.807, 2.05) is 11.8 Å². The Kier molecular flexibility index (Phi) is 3.29. The molecule has 1 atom stereocenters. The summed E-state index contributed by atoms with van der Waals surface area (Å²) in [4.78, 5) is 18.4. The number of hydrogen-bond acceptors (Lipinski definition) is 5. The summed E-state index contributed by atoms with van der Waals surface area (Å²) >= 11 is 1.43. The molecule has 6 nitrogen and oxygen atoms in total. The van der Waals surface area contributed by atoms with Gasteiger partial charge in [0, 0.05) is 24.4 Å². The van der Waals surface area contributed by atoms with Crippen LogP contribution in [0.25, 0.3) is 0 Å². The predicted molar refractivity (Wildman–Crippen MR) is 75.7 cm³/mol. The van der Waals surface area contributed by atoms with E-state index < -0.39 is 0 Å². The van der Waals surface area contributed by atoms with E-state index in [2.05, 4.69) is 33.6 Å². The lowest BCUT2D eigenvalue weighted by Crippen LogP contribution is -2.41. The Morgan fingerprint density at radius 2 is 2.20 bits per heavy atom. The Balaban J connectivity index is 1.90. The van der Waals surface area contributed by atoms with Crippen LogP contribution in [0, 0.1) is 0 Å². The van der Waals surface area contributed by atoms with Crippen molar-refractivity contribution in [2.45, 2.75) is 39.3 Å². The van der Waals surface area contributed by atoms with Crippen molar-refractivity contribution in [3.63, 3.8) is 0 Å². The predicted octanol–water partition coefficient (Wildman–Crippen LogP) is 2.08. The van der Waals surface area contributed by atoms with Gasteiger partial charge in [-0.05, 0) is 6.92 Å². The van der Waals surface area contributed by atoms with Crippen LogP contribution < -0.4 is 0 Å². The van der Waals surface area contributed by atoms with Crippen LogP contribution in [0.4, 0.5) is 0 Å². The molecule has 0 fully saturated rings. The lowest BCUT2D eigenvalue weighted by Gasteiger charge is -2.33. The van der Waals surface area contributed by atoms with Crippen molar-refractivity contribution in [1.29, 1.82) is 0 Å². The van der Waals surface area contributed by atoms with Gasteiger partial charge < -0.3 is 9.47 Å². The average Bonchev–Trinajstić information content (AvgIpc) is 3.08. The molecule has 0 N–H and O–H groups in total. The van der Waals surface area contributed by atoms with Gasteiger partial charge in [-0.15, -0.1) is 21.5 Å².